The summed E-state index contributed by atoms with van der Waals surface area (Å²) in [5.74, 6) is 0. The van der Waals surface area contributed by atoms with Crippen molar-refractivity contribution in [3.05, 3.63) is 77.5 Å². The highest BCUT2D eigenvalue weighted by atomic mass is 15.0. The number of hydrogen-bond donors (Lipinski definition) is 0. The van der Waals surface area contributed by atoms with Crippen LogP contribution in [0.2, 0.25) is 0 Å². The Morgan fingerprint density at radius 1 is 0.818 bits per heavy atom. The van der Waals surface area contributed by atoms with Gasteiger partial charge in [-0.3, -0.25) is 0 Å². The summed E-state index contributed by atoms with van der Waals surface area (Å²) in [5, 5.41) is 0. The van der Waals surface area contributed by atoms with Crippen LogP contribution in [-0.4, -0.2) is 0 Å². The molecule has 1 nitrogen and oxygen atoms in total. The summed E-state index contributed by atoms with van der Waals surface area (Å²) in [5.41, 5.74) is 10.0. The molecule has 0 amide bonds. The predicted octanol–water partition coefficient (Wildman–Crippen LogP) is 4.31. The van der Waals surface area contributed by atoms with Gasteiger partial charge in [0.2, 0.25) is 5.69 Å². The van der Waals surface area contributed by atoms with Crippen LogP contribution in [0.1, 0.15) is 30.5 Å². The number of benzene rings is 2. The molecule has 2 aliphatic rings. The van der Waals surface area contributed by atoms with Gasteiger partial charge in [0.25, 0.3) is 0 Å². The molecule has 0 saturated carbocycles. The van der Waals surface area contributed by atoms with E-state index in [0.717, 1.165) is 6.54 Å². The van der Waals surface area contributed by atoms with Crippen LogP contribution in [0.4, 0.5) is 0 Å². The van der Waals surface area contributed by atoms with Crippen molar-refractivity contribution in [1.29, 1.82) is 0 Å². The summed E-state index contributed by atoms with van der Waals surface area (Å²) >= 11 is 0. The van der Waals surface area contributed by atoms with E-state index < -0.39 is 0 Å². The van der Waals surface area contributed by atoms with Crippen LogP contribution >= 0.6 is 0 Å². The Bertz CT molecular complexity index is 934. The third-order valence-electron chi connectivity index (χ3n) is 5.36. The van der Waals surface area contributed by atoms with Gasteiger partial charge in [-0.25, -0.2) is 0 Å². The van der Waals surface area contributed by atoms with Crippen molar-refractivity contribution in [3.8, 4) is 22.4 Å². The summed E-state index contributed by atoms with van der Waals surface area (Å²) < 4.78 is 2.35. The lowest BCUT2D eigenvalue weighted by molar-refractivity contribution is -0.672. The van der Waals surface area contributed by atoms with Crippen LogP contribution in [0.25, 0.3) is 22.4 Å². The fourth-order valence-electron chi connectivity index (χ4n) is 4.20. The lowest BCUT2D eigenvalue weighted by atomic mass is 9.81. The van der Waals surface area contributed by atoms with E-state index in [0.29, 0.717) is 0 Å². The minimum absolute atomic E-state index is 0.0865. The minimum Gasteiger partial charge on any atom is -0.194 e. The van der Waals surface area contributed by atoms with E-state index in [-0.39, 0.29) is 5.41 Å². The van der Waals surface area contributed by atoms with E-state index in [1.165, 1.54) is 39.1 Å². The highest BCUT2D eigenvalue weighted by molar-refractivity contribution is 5.84. The van der Waals surface area contributed by atoms with Gasteiger partial charge in [0.05, 0.1) is 5.56 Å². The Labute approximate surface area is 130 Å². The van der Waals surface area contributed by atoms with Crippen LogP contribution in [0.5, 0.6) is 0 Å². The number of hydrogen-bond acceptors (Lipinski definition) is 0. The van der Waals surface area contributed by atoms with Crippen molar-refractivity contribution in [1.82, 2.24) is 0 Å². The summed E-state index contributed by atoms with van der Waals surface area (Å²) in [7, 11) is 0. The lowest BCUT2D eigenvalue weighted by Crippen LogP contribution is -2.31. The van der Waals surface area contributed by atoms with Gasteiger partial charge in [-0.1, -0.05) is 38.1 Å². The lowest BCUT2D eigenvalue weighted by Gasteiger charge is -2.21. The zero-order valence-electron chi connectivity index (χ0n) is 12.9. The second kappa shape index (κ2) is 3.86. The van der Waals surface area contributed by atoms with Crippen LogP contribution in [0.15, 0.2) is 60.8 Å². The SMILES string of the molecule is CC1(C)c2ccccc2-c2cc3c(cc21)-c1cccc[n+]1C3. The molecule has 0 bridgehead atoms. The standard InChI is InChI=1S/C21H18N/c1-21(2)18-8-4-3-7-15(18)17-11-14-13-22-10-6-5-9-20(22)16(14)12-19(17)21/h3-12H,13H2,1-2H3/q+1. The molecule has 1 aromatic heterocycles. The van der Waals surface area contributed by atoms with Crippen molar-refractivity contribution >= 4 is 0 Å². The molecule has 2 aromatic carbocycles. The maximum absolute atomic E-state index is 2.43. The Hall–Kier alpha value is -2.41. The Kier molecular flexibility index (Phi) is 2.14. The average molecular weight is 284 g/mol. The summed E-state index contributed by atoms with van der Waals surface area (Å²) in [6, 6.07) is 20.2. The van der Waals surface area contributed by atoms with Crippen molar-refractivity contribution < 1.29 is 4.57 Å². The smallest absolute Gasteiger partial charge is 0.194 e. The van der Waals surface area contributed by atoms with E-state index >= 15 is 0 Å². The van der Waals surface area contributed by atoms with Gasteiger partial charge in [-0.2, -0.15) is 4.57 Å². The third kappa shape index (κ3) is 1.36. The number of nitrogens with zero attached hydrogens (tertiary/aromatic N) is 1. The molecule has 3 aromatic rings. The molecule has 0 unspecified atom stereocenters. The van der Waals surface area contributed by atoms with Gasteiger partial charge in [0, 0.05) is 23.1 Å². The van der Waals surface area contributed by atoms with Crippen molar-refractivity contribution in [2.45, 2.75) is 25.8 Å². The second-order valence-electron chi connectivity index (χ2n) is 6.94. The molecule has 1 aliphatic carbocycles. The molecule has 22 heavy (non-hydrogen) atoms. The normalized spacial score (nSPS) is 15.9. The van der Waals surface area contributed by atoms with Crippen molar-refractivity contribution in [2.75, 3.05) is 0 Å². The van der Waals surface area contributed by atoms with Gasteiger partial charge < -0.3 is 0 Å². The summed E-state index contributed by atoms with van der Waals surface area (Å²) in [6.07, 6.45) is 2.18. The first-order chi connectivity index (χ1) is 10.7. The van der Waals surface area contributed by atoms with E-state index in [4.69, 9.17) is 0 Å². The summed E-state index contributed by atoms with van der Waals surface area (Å²) in [4.78, 5) is 0. The Morgan fingerprint density at radius 2 is 1.64 bits per heavy atom. The van der Waals surface area contributed by atoms with Crippen LogP contribution < -0.4 is 4.57 Å². The number of fused-ring (bicyclic) bond motifs is 6. The fourth-order valence-corrected chi connectivity index (χ4v) is 4.20. The third-order valence-corrected chi connectivity index (χ3v) is 5.36. The highest BCUT2D eigenvalue weighted by Crippen LogP contribution is 2.50. The molecular formula is C21H18N+. The van der Waals surface area contributed by atoms with Crippen LogP contribution in [0.3, 0.4) is 0 Å². The highest BCUT2D eigenvalue weighted by Gasteiger charge is 2.38. The fraction of sp³-hybridized carbons (Fsp3) is 0.190. The molecule has 5 rings (SSSR count). The van der Waals surface area contributed by atoms with Gasteiger partial charge in [-0.15, -0.1) is 0 Å². The average Bonchev–Trinajstić information content (AvgIpc) is 3.00. The predicted molar refractivity (Wildman–Crippen MR) is 88.7 cm³/mol. The first-order valence-corrected chi connectivity index (χ1v) is 7.92. The number of rotatable bonds is 0. The minimum atomic E-state index is 0.0865. The van der Waals surface area contributed by atoms with Gasteiger partial charge >= 0.3 is 0 Å². The molecule has 0 N–H and O–H groups in total. The summed E-state index contributed by atoms with van der Waals surface area (Å²) in [6.45, 7) is 5.68. The number of pyridine rings is 1. The molecule has 0 spiro atoms. The maximum atomic E-state index is 2.43. The Morgan fingerprint density at radius 3 is 2.55 bits per heavy atom. The zero-order valence-corrected chi connectivity index (χ0v) is 12.9. The second-order valence-corrected chi connectivity index (χ2v) is 6.94. The number of aromatic nitrogens is 1. The zero-order chi connectivity index (χ0) is 14.9. The van der Waals surface area contributed by atoms with E-state index in [1.54, 1.807) is 0 Å². The molecule has 0 saturated heterocycles. The van der Waals surface area contributed by atoms with Crippen molar-refractivity contribution in [3.63, 3.8) is 0 Å². The van der Waals surface area contributed by atoms with E-state index in [1.807, 2.05) is 0 Å². The maximum Gasteiger partial charge on any atom is 0.213 e. The van der Waals surface area contributed by atoms with E-state index in [9.17, 15) is 0 Å². The van der Waals surface area contributed by atoms with Gasteiger partial charge in [0.1, 0.15) is 0 Å². The molecule has 0 radical (unpaired) electrons. The molecule has 2 heterocycles. The van der Waals surface area contributed by atoms with Gasteiger partial charge in [-0.05, 0) is 40.5 Å². The first-order valence-electron chi connectivity index (χ1n) is 7.92. The largest absolute Gasteiger partial charge is 0.213 e. The molecule has 106 valence electrons. The monoisotopic (exact) mass is 284 g/mol. The molecule has 0 atom stereocenters. The quantitative estimate of drug-likeness (QED) is 0.424. The molecule has 0 fully saturated rings. The van der Waals surface area contributed by atoms with E-state index in [2.05, 4.69) is 79.2 Å². The van der Waals surface area contributed by atoms with Crippen LogP contribution in [0, 0.1) is 0 Å². The van der Waals surface area contributed by atoms with Crippen molar-refractivity contribution in [2.24, 2.45) is 0 Å². The molecule has 1 aliphatic heterocycles. The molecular weight excluding hydrogens is 266 g/mol. The topological polar surface area (TPSA) is 3.88 Å². The Balaban J connectivity index is 1.82. The first kappa shape index (κ1) is 12.2. The van der Waals surface area contributed by atoms with Crippen LogP contribution in [-0.2, 0) is 12.0 Å². The molecule has 1 heteroatoms. The van der Waals surface area contributed by atoms with Gasteiger partial charge in [0.15, 0.2) is 12.7 Å².